The standard InChI is InChI=1S/C22H23NO4/c24-20(23-22(21(25)26)11-4-12-22)19-13-18(19)16-7-9-17(10-8-16)27-14-15-5-2-1-3-6-15/h1-3,5-10,18-19H,4,11-14H2,(H,23,24)(H,25,26). The predicted octanol–water partition coefficient (Wildman–Crippen LogP) is 3.49. The summed E-state index contributed by atoms with van der Waals surface area (Å²) in [4.78, 5) is 23.8. The van der Waals surface area contributed by atoms with Crippen LogP contribution in [0.25, 0.3) is 0 Å². The number of benzene rings is 2. The van der Waals surface area contributed by atoms with E-state index in [0.717, 1.165) is 29.7 Å². The molecule has 2 atom stereocenters. The zero-order valence-electron chi connectivity index (χ0n) is 15.1. The van der Waals surface area contributed by atoms with Crippen LogP contribution in [0.4, 0.5) is 0 Å². The molecule has 2 saturated carbocycles. The topological polar surface area (TPSA) is 75.6 Å². The van der Waals surface area contributed by atoms with Crippen LogP contribution in [0, 0.1) is 5.92 Å². The smallest absolute Gasteiger partial charge is 0.329 e. The lowest BCUT2D eigenvalue weighted by Crippen LogP contribution is -2.59. The van der Waals surface area contributed by atoms with Crippen LogP contribution in [0.15, 0.2) is 54.6 Å². The van der Waals surface area contributed by atoms with Crippen LogP contribution in [0.2, 0.25) is 0 Å². The second kappa shape index (κ2) is 7.06. The Kier molecular flexibility index (Phi) is 4.60. The molecule has 1 amide bonds. The molecule has 0 spiro atoms. The highest BCUT2D eigenvalue weighted by Crippen LogP contribution is 2.48. The van der Waals surface area contributed by atoms with Gasteiger partial charge >= 0.3 is 5.97 Å². The Labute approximate surface area is 158 Å². The molecule has 0 heterocycles. The van der Waals surface area contributed by atoms with Crippen LogP contribution in [0.5, 0.6) is 5.75 Å². The van der Waals surface area contributed by atoms with Gasteiger partial charge in [0.15, 0.2) is 0 Å². The molecular formula is C22H23NO4. The third-order valence-electron chi connectivity index (χ3n) is 5.66. The molecule has 5 nitrogen and oxygen atoms in total. The first kappa shape index (κ1) is 17.6. The first-order chi connectivity index (χ1) is 13.1. The van der Waals surface area contributed by atoms with Crippen molar-refractivity contribution in [3.8, 4) is 5.75 Å². The summed E-state index contributed by atoms with van der Waals surface area (Å²) < 4.78 is 5.79. The molecule has 2 aliphatic carbocycles. The summed E-state index contributed by atoms with van der Waals surface area (Å²) in [5, 5.41) is 12.1. The van der Waals surface area contributed by atoms with Crippen molar-refractivity contribution in [3.63, 3.8) is 0 Å². The molecule has 0 aromatic heterocycles. The minimum absolute atomic E-state index is 0.127. The summed E-state index contributed by atoms with van der Waals surface area (Å²) in [6.07, 6.45) is 2.68. The normalized spacial score (nSPS) is 22.4. The summed E-state index contributed by atoms with van der Waals surface area (Å²) in [6, 6.07) is 17.8. The van der Waals surface area contributed by atoms with Gasteiger partial charge in [-0.15, -0.1) is 0 Å². The molecule has 140 valence electrons. The van der Waals surface area contributed by atoms with Gasteiger partial charge in [0.2, 0.25) is 5.91 Å². The van der Waals surface area contributed by atoms with Crippen LogP contribution >= 0.6 is 0 Å². The van der Waals surface area contributed by atoms with E-state index in [9.17, 15) is 14.7 Å². The molecule has 2 aromatic carbocycles. The van der Waals surface area contributed by atoms with Crippen LogP contribution < -0.4 is 10.1 Å². The fourth-order valence-corrected chi connectivity index (χ4v) is 3.66. The molecule has 0 radical (unpaired) electrons. The highest BCUT2D eigenvalue weighted by atomic mass is 16.5. The van der Waals surface area contributed by atoms with Gasteiger partial charge in [-0.1, -0.05) is 42.5 Å². The first-order valence-electron chi connectivity index (χ1n) is 9.39. The van der Waals surface area contributed by atoms with E-state index in [4.69, 9.17) is 4.74 Å². The summed E-state index contributed by atoms with van der Waals surface area (Å²) in [7, 11) is 0. The number of nitrogens with one attached hydrogen (secondary N) is 1. The molecule has 27 heavy (non-hydrogen) atoms. The molecule has 2 unspecified atom stereocenters. The second-order valence-corrected chi connectivity index (χ2v) is 7.52. The molecule has 2 fully saturated rings. The molecule has 5 heteroatoms. The number of rotatable bonds is 7. The SMILES string of the molecule is O=C(NC1(C(=O)O)CCC1)C1CC1c1ccc(OCc2ccccc2)cc1. The monoisotopic (exact) mass is 365 g/mol. The summed E-state index contributed by atoms with van der Waals surface area (Å²) >= 11 is 0. The maximum Gasteiger partial charge on any atom is 0.329 e. The van der Waals surface area contributed by atoms with Crippen molar-refractivity contribution in [2.75, 3.05) is 0 Å². The fraction of sp³-hybridized carbons (Fsp3) is 0.364. The van der Waals surface area contributed by atoms with E-state index < -0.39 is 11.5 Å². The van der Waals surface area contributed by atoms with Gasteiger partial charge in [-0.05, 0) is 54.9 Å². The number of carbonyl (C=O) groups is 2. The maximum atomic E-state index is 12.4. The van der Waals surface area contributed by atoms with E-state index >= 15 is 0 Å². The van der Waals surface area contributed by atoms with Gasteiger partial charge in [-0.3, -0.25) is 4.79 Å². The highest BCUT2D eigenvalue weighted by Gasteiger charge is 2.50. The van der Waals surface area contributed by atoms with Crippen LogP contribution in [0.1, 0.15) is 42.7 Å². The van der Waals surface area contributed by atoms with E-state index in [1.165, 1.54) is 0 Å². The van der Waals surface area contributed by atoms with Gasteiger partial charge in [-0.2, -0.15) is 0 Å². The van der Waals surface area contributed by atoms with E-state index in [2.05, 4.69) is 5.32 Å². The molecule has 4 rings (SSSR count). The van der Waals surface area contributed by atoms with E-state index in [1.807, 2.05) is 54.6 Å². The van der Waals surface area contributed by atoms with Crippen molar-refractivity contribution in [3.05, 3.63) is 65.7 Å². The third kappa shape index (κ3) is 3.68. The van der Waals surface area contributed by atoms with Gasteiger partial charge in [0.25, 0.3) is 0 Å². The molecular weight excluding hydrogens is 342 g/mol. The van der Waals surface area contributed by atoms with E-state index in [1.54, 1.807) is 0 Å². The van der Waals surface area contributed by atoms with Crippen molar-refractivity contribution in [1.29, 1.82) is 0 Å². The van der Waals surface area contributed by atoms with Gasteiger partial charge in [0.05, 0.1) is 0 Å². The maximum absolute atomic E-state index is 12.4. The molecule has 0 aliphatic heterocycles. The molecule has 0 bridgehead atoms. The molecule has 2 aromatic rings. The second-order valence-electron chi connectivity index (χ2n) is 7.52. The van der Waals surface area contributed by atoms with Crippen LogP contribution in [0.3, 0.4) is 0 Å². The number of carboxylic acids is 1. The summed E-state index contributed by atoms with van der Waals surface area (Å²) in [5.41, 5.74) is 1.18. The summed E-state index contributed by atoms with van der Waals surface area (Å²) in [5.74, 6) is -0.216. The lowest BCUT2D eigenvalue weighted by atomic mass is 9.76. The van der Waals surface area contributed by atoms with Crippen molar-refractivity contribution in [2.24, 2.45) is 5.92 Å². The average molecular weight is 365 g/mol. The Hall–Kier alpha value is -2.82. The number of aliphatic carboxylic acids is 1. The van der Waals surface area contributed by atoms with Crippen molar-refractivity contribution < 1.29 is 19.4 Å². The Balaban J connectivity index is 1.31. The number of hydrogen-bond donors (Lipinski definition) is 2. The number of hydrogen-bond acceptors (Lipinski definition) is 3. The predicted molar refractivity (Wildman–Crippen MR) is 100 cm³/mol. The molecule has 2 N–H and O–H groups in total. The largest absolute Gasteiger partial charge is 0.489 e. The van der Waals surface area contributed by atoms with Gasteiger partial charge in [-0.25, -0.2) is 4.79 Å². The Morgan fingerprint density at radius 3 is 2.37 bits per heavy atom. The molecule has 2 aliphatic rings. The minimum Gasteiger partial charge on any atom is -0.489 e. The lowest BCUT2D eigenvalue weighted by molar-refractivity contribution is -0.152. The lowest BCUT2D eigenvalue weighted by Gasteiger charge is -2.38. The van der Waals surface area contributed by atoms with Crippen molar-refractivity contribution in [1.82, 2.24) is 5.32 Å². The van der Waals surface area contributed by atoms with E-state index in [0.29, 0.717) is 19.4 Å². The van der Waals surface area contributed by atoms with Gasteiger partial charge in [0, 0.05) is 5.92 Å². The first-order valence-corrected chi connectivity index (χ1v) is 9.39. The van der Waals surface area contributed by atoms with E-state index in [-0.39, 0.29) is 17.7 Å². The number of carboxylic acid groups (broad SMARTS) is 1. The van der Waals surface area contributed by atoms with Crippen molar-refractivity contribution >= 4 is 11.9 Å². The minimum atomic E-state index is -1.03. The fourth-order valence-electron chi connectivity index (χ4n) is 3.66. The quantitative estimate of drug-likeness (QED) is 0.787. The van der Waals surface area contributed by atoms with Gasteiger partial charge in [0.1, 0.15) is 17.9 Å². The highest BCUT2D eigenvalue weighted by molar-refractivity contribution is 5.90. The molecule has 0 saturated heterocycles. The number of amides is 1. The third-order valence-corrected chi connectivity index (χ3v) is 5.66. The average Bonchev–Trinajstić information content (AvgIpc) is 3.45. The zero-order valence-corrected chi connectivity index (χ0v) is 15.1. The Bertz CT molecular complexity index is 827. The number of carbonyl (C=O) groups excluding carboxylic acids is 1. The Morgan fingerprint density at radius 2 is 1.78 bits per heavy atom. The van der Waals surface area contributed by atoms with Crippen LogP contribution in [-0.4, -0.2) is 22.5 Å². The summed E-state index contributed by atoms with van der Waals surface area (Å²) in [6.45, 7) is 0.520. The Morgan fingerprint density at radius 1 is 1.07 bits per heavy atom. The van der Waals surface area contributed by atoms with Crippen LogP contribution in [-0.2, 0) is 16.2 Å². The van der Waals surface area contributed by atoms with Crippen molar-refractivity contribution in [2.45, 2.75) is 43.7 Å². The number of ether oxygens (including phenoxy) is 1. The zero-order chi connectivity index (χ0) is 18.9. The van der Waals surface area contributed by atoms with Gasteiger partial charge < -0.3 is 15.2 Å².